The number of carboxylic acids is 1. The lowest BCUT2D eigenvalue weighted by Gasteiger charge is -2.49. The molecule has 141 heavy (non-hydrogen) atoms. The fourth-order valence-electron chi connectivity index (χ4n) is 22.9. The van der Waals surface area contributed by atoms with Crippen molar-refractivity contribution in [2.45, 2.75) is 389 Å². The fourth-order valence-corrected chi connectivity index (χ4v) is 23.1. The number of hydrogen-bond donors (Lipinski definition) is 7. The Morgan fingerprint density at radius 2 is 0.993 bits per heavy atom. The van der Waals surface area contributed by atoms with Crippen molar-refractivity contribution in [3.8, 4) is 0 Å². The molecule has 2 unspecified atom stereocenters. The average Bonchev–Trinajstić information content (AvgIpc) is 1.68. The summed E-state index contributed by atoms with van der Waals surface area (Å²) in [6.45, 7) is 41.0. The van der Waals surface area contributed by atoms with E-state index in [2.05, 4.69) is 15.5 Å². The monoisotopic (exact) mass is 2030 g/mol. The molecule has 9 fully saturated rings. The fraction of sp³-hybridized carbons (Fsp3) is 0.851. The van der Waals surface area contributed by atoms with Gasteiger partial charge in [0.15, 0.2) is 48.6 Å². The largest absolute Gasteiger partial charge is 0.509 e. The van der Waals surface area contributed by atoms with Crippen molar-refractivity contribution in [2.24, 2.45) is 35.5 Å². The lowest BCUT2D eigenvalue weighted by molar-refractivity contribution is -0.320. The molecule has 8 aliphatic heterocycles. The minimum absolute atomic E-state index is 0.129. The number of anilines is 1. The molecule has 1 aromatic carbocycles. The zero-order chi connectivity index (χ0) is 104. The number of carboxylic acid groups (broad SMARTS) is 1. The number of esters is 2. The van der Waals surface area contributed by atoms with Crippen LogP contribution < -0.4 is 16.1 Å². The van der Waals surface area contributed by atoms with Gasteiger partial charge in [0.05, 0.1) is 132 Å². The van der Waals surface area contributed by atoms with E-state index in [1.54, 1.807) is 74.8 Å². The molecule has 39 nitrogen and oxygen atoms in total. The molecule has 1 saturated carbocycles. The van der Waals surface area contributed by atoms with Gasteiger partial charge in [-0.15, -0.1) is 0 Å². The first-order chi connectivity index (χ1) is 66.2. The van der Waals surface area contributed by atoms with Crippen molar-refractivity contribution in [3.63, 3.8) is 0 Å². The molecule has 36 atom stereocenters. The van der Waals surface area contributed by atoms with Crippen molar-refractivity contribution in [1.82, 2.24) is 29.5 Å². The Morgan fingerprint density at radius 3 is 1.40 bits per heavy atom. The lowest BCUT2D eigenvalue weighted by atomic mass is 9.77. The first kappa shape index (κ1) is 117. The third-order valence-electron chi connectivity index (χ3n) is 30.8. The van der Waals surface area contributed by atoms with Crippen molar-refractivity contribution in [3.05, 3.63) is 39.1 Å². The number of hydrogen-bond acceptors (Lipinski definition) is 37. The number of carbonyl (C=O) groups is 6. The van der Waals surface area contributed by atoms with E-state index in [0.717, 1.165) is 12.8 Å². The predicted molar refractivity (Wildman–Crippen MR) is 520 cm³/mol. The number of aldehydes is 1. The van der Waals surface area contributed by atoms with Crippen LogP contribution in [0.3, 0.4) is 0 Å². The molecule has 9 aliphatic rings. The molecule has 1 aromatic heterocycles. The number of halogens is 1. The molecule has 0 spiro atoms. The second-order valence-electron chi connectivity index (χ2n) is 43.0. The number of fused-ring (bicyclic) bond motifs is 3. The van der Waals surface area contributed by atoms with Crippen LogP contribution in [-0.4, -0.2) is 396 Å². The second kappa shape index (κ2) is 50.0. The minimum Gasteiger partial charge on any atom is -0.477 e. The van der Waals surface area contributed by atoms with E-state index in [4.69, 9.17) is 106 Å². The summed E-state index contributed by atoms with van der Waals surface area (Å²) in [6, 6.07) is 2.14. The molecule has 7 N–H and O–H groups in total. The number of nitrogens with one attached hydrogen (secondary N) is 2. The SMILES string of the molecule is CC[C@H]1OC(=O)[C@H](C)[C@@H](OC2C[C@@](C)(OC)[C@@H](OCC=O)[C@H](C)O2)[C@H](C)[C@@H](O[C@@H]2O[C@H](C)C[C@H](N(C)C)[C@H]2O)[C@](C)(O)C[C@@H](C)CN(C)[C@H](C)[C@@H]2OC(=O)O[C@]12C.CC[C@H]1OC(=O)[C@H](C)[C@@H](OC2C[C@@](C)(OC)[C@@H](OCCNCCOCCOCCNc3cc4c(=O)c(C(=O)O)cn(C5CC5)c4cc3Cl)[C@H](C)O2)[C@H](C)[C@@H](O[C@@H]2O[C@H](C)C[C@H](N(C)C)[C@H]2O)[C@](C)(O)C[C@@H](C)CN(C)[C@H](C)[C@@H]2OC(=O)O[C@]12C. The molecule has 0 radical (unpaired) electrons. The first-order valence-electron chi connectivity index (χ1n) is 50.6. The van der Waals surface area contributed by atoms with E-state index >= 15 is 0 Å². The topological polar surface area (TPSA) is 447 Å². The van der Waals surface area contributed by atoms with Gasteiger partial charge in [0.2, 0.25) is 5.43 Å². The molecular weight excluding hydrogens is 1860 g/mol. The normalized spacial score (nSPS) is 40.8. The Hall–Kier alpha value is -5.78. The van der Waals surface area contributed by atoms with Crippen LogP contribution in [0.2, 0.25) is 5.02 Å². The Kier molecular flexibility index (Phi) is 41.6. The third kappa shape index (κ3) is 28.1. The van der Waals surface area contributed by atoms with Crippen LogP contribution in [0.4, 0.5) is 15.3 Å². The quantitative estimate of drug-likeness (QED) is 0.0151. The summed E-state index contributed by atoms with van der Waals surface area (Å²) >= 11 is 6.59. The highest BCUT2D eigenvalue weighted by atomic mass is 35.5. The number of aromatic carboxylic acids is 1. The van der Waals surface area contributed by atoms with Crippen LogP contribution in [0.15, 0.2) is 23.1 Å². The molecule has 2 aromatic rings. The first-order valence-corrected chi connectivity index (χ1v) is 51.0. The number of cyclic esters (lactones) is 2. The summed E-state index contributed by atoms with van der Waals surface area (Å²) in [7, 11) is 14.6. The van der Waals surface area contributed by atoms with Crippen LogP contribution in [0.25, 0.3) is 10.9 Å². The number of carbonyl (C=O) groups excluding carboxylic acids is 5. The van der Waals surface area contributed by atoms with Crippen LogP contribution in [0, 0.1) is 35.5 Å². The molecule has 11 rings (SSSR count). The van der Waals surface area contributed by atoms with Gasteiger partial charge in [-0.3, -0.25) is 24.2 Å². The molecule has 40 heteroatoms. The van der Waals surface area contributed by atoms with Crippen LogP contribution in [0.1, 0.15) is 219 Å². The van der Waals surface area contributed by atoms with Gasteiger partial charge in [0.25, 0.3) is 0 Å². The zero-order valence-electron chi connectivity index (χ0n) is 88.4. The van der Waals surface area contributed by atoms with Gasteiger partial charge in [-0.25, -0.2) is 14.4 Å². The summed E-state index contributed by atoms with van der Waals surface area (Å²) in [6.07, 6.45) is -11.8. The van der Waals surface area contributed by atoms with Gasteiger partial charge in [-0.05, 0) is 215 Å². The minimum atomic E-state index is -1.59. The van der Waals surface area contributed by atoms with E-state index in [-0.39, 0.29) is 92.1 Å². The van der Waals surface area contributed by atoms with Crippen LogP contribution >= 0.6 is 11.6 Å². The van der Waals surface area contributed by atoms with E-state index in [0.29, 0.717) is 119 Å². The van der Waals surface area contributed by atoms with E-state index < -0.39 is 204 Å². The maximum absolute atomic E-state index is 14.8. The lowest BCUT2D eigenvalue weighted by Crippen LogP contribution is -2.61. The maximum atomic E-state index is 14.8. The number of methoxy groups -OCH3 is 2. The number of aliphatic hydroxyl groups is 4. The van der Waals surface area contributed by atoms with E-state index in [9.17, 15) is 59.1 Å². The van der Waals surface area contributed by atoms with Crippen molar-refractivity contribution < 1.29 is 149 Å². The standard InChI is InChI=1S/C60H96ClN5O18.C41H72N2O14/c1-15-46-60(10)52(83-57(72)84-60)37(6)65(13)31-33(2)29-58(8,73)51(82-56-49(68)45(64(11)12)26-34(3)78-56)35(4)50(36(5)55(71)80-46)81-47-30-59(9,74-14)53(38(7)79-47)77-23-19-62-18-21-75-24-25-76-22-20-63-43-27-40-44(28-42(43)61)66(39-16-17-39)32-41(48(40)67)54(69)70;1-15-29-41(10)34(56-38(47)57-41)26(6)43(13)21-22(2)19-39(8,48)33(55-37-31(45)28(42(11)12)18-23(3)51-37)24(4)32(25(5)36(46)53-29)54-30-20-40(9,49-14)35(27(7)52-30)50-17-16-44/h27-28,32-39,45-47,49-53,56,62-63,68,73H,15-26,29-31H2,1-14H3,(H,69,70);16,22-35,37,45,48H,15,17-21H2,1-14H3/t33-,34-,35+,36-,37-,38+,45+,46-,47?,49-,50+,51-,52+,53+,56+,58-,59-,60-;22-,23-,24+,25-,26-,27+,28+,29-,30?,31-,32+,33-,34+,35+,37+,39-,40-,41-/m11/s1. The van der Waals surface area contributed by atoms with Gasteiger partial charge >= 0.3 is 30.2 Å². The molecular formula is C101H168ClN7O32. The molecule has 8 saturated heterocycles. The number of aliphatic hydroxyl groups excluding tert-OH is 2. The molecule has 0 bridgehead atoms. The van der Waals surface area contributed by atoms with Crippen molar-refractivity contribution in [2.75, 3.05) is 134 Å². The average molecular weight is 2030 g/mol. The summed E-state index contributed by atoms with van der Waals surface area (Å²) < 4.78 is 127. The van der Waals surface area contributed by atoms with Gasteiger partial charge in [0, 0.05) is 113 Å². The Morgan fingerprint density at radius 1 is 0.567 bits per heavy atom. The maximum Gasteiger partial charge on any atom is 0.509 e. The van der Waals surface area contributed by atoms with Crippen LogP contribution in [-0.2, 0) is 109 Å². The number of benzene rings is 1. The summed E-state index contributed by atoms with van der Waals surface area (Å²) in [5.74, 6) is -6.36. The summed E-state index contributed by atoms with van der Waals surface area (Å²) in [5.41, 5.74) is -7.38. The number of rotatable bonds is 33. The molecule has 9 heterocycles. The zero-order valence-corrected chi connectivity index (χ0v) is 89.2. The van der Waals surface area contributed by atoms with Gasteiger partial charge in [-0.1, -0.05) is 53.1 Å². The molecule has 1 aliphatic carbocycles. The summed E-state index contributed by atoms with van der Waals surface area (Å²) in [5, 5.41) is 65.9. The molecule has 0 amide bonds. The number of pyridine rings is 1. The number of nitrogens with zero attached hydrogens (tertiary/aromatic N) is 5. The van der Waals surface area contributed by atoms with E-state index in [1.165, 1.54) is 6.20 Å². The van der Waals surface area contributed by atoms with Crippen LogP contribution in [0.5, 0.6) is 0 Å². The highest BCUT2D eigenvalue weighted by Crippen LogP contribution is 2.48. The second-order valence-corrected chi connectivity index (χ2v) is 43.4. The Labute approximate surface area is 837 Å². The predicted octanol–water partition coefficient (Wildman–Crippen LogP) is 9.15. The van der Waals surface area contributed by atoms with Gasteiger partial charge in [0.1, 0.15) is 55.1 Å². The highest BCUT2D eigenvalue weighted by molar-refractivity contribution is 6.34. The van der Waals surface area contributed by atoms with Gasteiger partial charge < -0.3 is 150 Å². The Balaban J connectivity index is 0.000000313. The highest BCUT2D eigenvalue weighted by Gasteiger charge is 2.62. The number of likely N-dealkylation sites (N-methyl/N-ethyl adjacent to an activating group) is 4. The van der Waals surface area contributed by atoms with Crippen molar-refractivity contribution >= 4 is 64.7 Å². The third-order valence-corrected chi connectivity index (χ3v) is 31.1. The Bertz CT molecular complexity index is 4460. The van der Waals surface area contributed by atoms with Crippen molar-refractivity contribution in [1.29, 1.82) is 0 Å². The number of aromatic nitrogens is 1. The molecule has 806 valence electrons. The summed E-state index contributed by atoms with van der Waals surface area (Å²) in [4.78, 5) is 99.1. The smallest absolute Gasteiger partial charge is 0.477 e. The van der Waals surface area contributed by atoms with E-state index in [1.807, 2.05) is 152 Å². The van der Waals surface area contributed by atoms with Gasteiger partial charge in [-0.2, -0.15) is 0 Å². The number of ether oxygens (including phenoxy) is 20.